The molecule has 1 aliphatic rings. The van der Waals surface area contributed by atoms with Gasteiger partial charge in [-0.05, 0) is 30.5 Å². The summed E-state index contributed by atoms with van der Waals surface area (Å²) in [7, 11) is 0. The zero-order chi connectivity index (χ0) is 14.5. The van der Waals surface area contributed by atoms with Crippen molar-refractivity contribution in [3.63, 3.8) is 0 Å². The van der Waals surface area contributed by atoms with Crippen molar-refractivity contribution in [2.75, 3.05) is 13.1 Å². The van der Waals surface area contributed by atoms with Gasteiger partial charge in [-0.1, -0.05) is 12.1 Å². The van der Waals surface area contributed by atoms with Gasteiger partial charge in [-0.15, -0.1) is 0 Å². The number of rotatable bonds is 4. The van der Waals surface area contributed by atoms with Crippen molar-refractivity contribution in [1.29, 1.82) is 0 Å². The fourth-order valence-electron chi connectivity index (χ4n) is 2.43. The number of nitrogens with one attached hydrogen (secondary N) is 1. The number of benzene rings is 1. The summed E-state index contributed by atoms with van der Waals surface area (Å²) in [6.45, 7) is 3.96. The number of likely N-dealkylation sites (tertiary alicyclic amines) is 1. The van der Waals surface area contributed by atoms with Crippen LogP contribution >= 0.6 is 0 Å². The molecule has 2 N–H and O–H groups in total. The van der Waals surface area contributed by atoms with Crippen LogP contribution in [0.2, 0.25) is 0 Å². The summed E-state index contributed by atoms with van der Waals surface area (Å²) in [5.41, 5.74) is 1.38. The van der Waals surface area contributed by atoms with Crippen LogP contribution in [0.25, 0.3) is 0 Å². The Morgan fingerprint density at radius 1 is 1.25 bits per heavy atom. The van der Waals surface area contributed by atoms with Gasteiger partial charge in [0.2, 0.25) is 5.91 Å². The zero-order valence-corrected chi connectivity index (χ0v) is 11.6. The Labute approximate surface area is 118 Å². The minimum absolute atomic E-state index is 0.146. The normalized spacial score (nSPS) is 16.1. The van der Waals surface area contributed by atoms with Gasteiger partial charge in [-0.25, -0.2) is 4.79 Å². The summed E-state index contributed by atoms with van der Waals surface area (Å²) < 4.78 is 0. The van der Waals surface area contributed by atoms with Crippen molar-refractivity contribution in [3.8, 4) is 0 Å². The SMILES string of the molecule is CC(=O)N1CCC(NCc2ccc(C(=O)O)cc2)CC1. The third-order valence-corrected chi connectivity index (χ3v) is 3.74. The number of piperidine rings is 1. The first kappa shape index (κ1) is 14.5. The molecule has 0 bridgehead atoms. The maximum atomic E-state index is 11.2. The molecule has 1 aliphatic heterocycles. The van der Waals surface area contributed by atoms with Crippen molar-refractivity contribution in [2.24, 2.45) is 0 Å². The summed E-state index contributed by atoms with van der Waals surface area (Å²) in [5, 5.41) is 12.3. The highest BCUT2D eigenvalue weighted by molar-refractivity contribution is 5.87. The molecule has 0 unspecified atom stereocenters. The van der Waals surface area contributed by atoms with Gasteiger partial charge in [0, 0.05) is 32.6 Å². The van der Waals surface area contributed by atoms with E-state index >= 15 is 0 Å². The van der Waals surface area contributed by atoms with Crippen LogP contribution in [0.15, 0.2) is 24.3 Å². The van der Waals surface area contributed by atoms with Gasteiger partial charge in [-0.2, -0.15) is 0 Å². The van der Waals surface area contributed by atoms with E-state index in [0.717, 1.165) is 38.0 Å². The number of amides is 1. The van der Waals surface area contributed by atoms with E-state index in [-0.39, 0.29) is 5.91 Å². The lowest BCUT2D eigenvalue weighted by molar-refractivity contribution is -0.129. The standard InChI is InChI=1S/C15H20N2O3/c1-11(18)17-8-6-14(7-9-17)16-10-12-2-4-13(5-3-12)15(19)20/h2-5,14,16H,6-10H2,1H3,(H,19,20). The Morgan fingerprint density at radius 2 is 1.85 bits per heavy atom. The monoisotopic (exact) mass is 276 g/mol. The topological polar surface area (TPSA) is 69.6 Å². The van der Waals surface area contributed by atoms with Crippen LogP contribution < -0.4 is 5.32 Å². The highest BCUT2D eigenvalue weighted by Gasteiger charge is 2.19. The van der Waals surface area contributed by atoms with Crippen LogP contribution in [-0.4, -0.2) is 41.0 Å². The lowest BCUT2D eigenvalue weighted by Crippen LogP contribution is -2.43. The molecular weight excluding hydrogens is 256 g/mol. The Balaban J connectivity index is 1.78. The van der Waals surface area contributed by atoms with Gasteiger partial charge in [0.1, 0.15) is 0 Å². The Bertz CT molecular complexity index is 476. The summed E-state index contributed by atoms with van der Waals surface area (Å²) in [6.07, 6.45) is 1.93. The van der Waals surface area contributed by atoms with E-state index in [0.29, 0.717) is 11.6 Å². The molecule has 1 heterocycles. The van der Waals surface area contributed by atoms with Crippen molar-refractivity contribution in [1.82, 2.24) is 10.2 Å². The minimum atomic E-state index is -0.902. The molecule has 0 spiro atoms. The fraction of sp³-hybridized carbons (Fsp3) is 0.467. The number of carboxylic acids is 1. The average molecular weight is 276 g/mol. The van der Waals surface area contributed by atoms with Gasteiger partial charge in [-0.3, -0.25) is 4.79 Å². The quantitative estimate of drug-likeness (QED) is 0.874. The molecule has 2 rings (SSSR count). The Morgan fingerprint density at radius 3 is 2.35 bits per heavy atom. The van der Waals surface area contributed by atoms with Crippen LogP contribution in [0.5, 0.6) is 0 Å². The lowest BCUT2D eigenvalue weighted by Gasteiger charge is -2.31. The summed E-state index contributed by atoms with van der Waals surface area (Å²) in [4.78, 5) is 23.9. The van der Waals surface area contributed by atoms with Crippen LogP contribution in [0, 0.1) is 0 Å². The number of carbonyl (C=O) groups is 2. The number of carbonyl (C=O) groups excluding carboxylic acids is 1. The first-order chi connectivity index (χ1) is 9.56. The smallest absolute Gasteiger partial charge is 0.335 e. The first-order valence-electron chi connectivity index (χ1n) is 6.87. The number of hydrogen-bond acceptors (Lipinski definition) is 3. The van der Waals surface area contributed by atoms with E-state index in [1.54, 1.807) is 19.1 Å². The average Bonchev–Trinajstić information content (AvgIpc) is 2.46. The number of nitrogens with zero attached hydrogens (tertiary/aromatic N) is 1. The van der Waals surface area contributed by atoms with Gasteiger partial charge in [0.25, 0.3) is 0 Å². The number of carboxylic acid groups (broad SMARTS) is 1. The molecule has 1 aromatic carbocycles. The van der Waals surface area contributed by atoms with E-state index in [1.807, 2.05) is 17.0 Å². The van der Waals surface area contributed by atoms with E-state index in [1.165, 1.54) is 0 Å². The molecule has 5 nitrogen and oxygen atoms in total. The van der Waals surface area contributed by atoms with E-state index < -0.39 is 5.97 Å². The second-order valence-electron chi connectivity index (χ2n) is 5.16. The Kier molecular flexibility index (Phi) is 4.74. The van der Waals surface area contributed by atoms with Gasteiger partial charge >= 0.3 is 5.97 Å². The Hall–Kier alpha value is -1.88. The highest BCUT2D eigenvalue weighted by Crippen LogP contribution is 2.11. The minimum Gasteiger partial charge on any atom is -0.478 e. The third-order valence-electron chi connectivity index (χ3n) is 3.74. The molecule has 1 amide bonds. The van der Waals surface area contributed by atoms with E-state index in [4.69, 9.17) is 5.11 Å². The van der Waals surface area contributed by atoms with E-state index in [9.17, 15) is 9.59 Å². The summed E-state index contributed by atoms with van der Waals surface area (Å²) >= 11 is 0. The molecule has 108 valence electrons. The second kappa shape index (κ2) is 6.52. The molecule has 5 heteroatoms. The molecule has 0 aromatic heterocycles. The maximum Gasteiger partial charge on any atom is 0.335 e. The lowest BCUT2D eigenvalue weighted by atomic mass is 10.0. The van der Waals surface area contributed by atoms with Crippen molar-refractivity contribution < 1.29 is 14.7 Å². The highest BCUT2D eigenvalue weighted by atomic mass is 16.4. The predicted molar refractivity (Wildman–Crippen MR) is 75.5 cm³/mol. The first-order valence-corrected chi connectivity index (χ1v) is 6.87. The summed E-state index contributed by atoms with van der Waals surface area (Å²) in [6, 6.07) is 7.34. The van der Waals surface area contributed by atoms with Crippen molar-refractivity contribution >= 4 is 11.9 Å². The number of hydrogen-bond donors (Lipinski definition) is 2. The predicted octanol–water partition coefficient (Wildman–Crippen LogP) is 1.49. The van der Waals surface area contributed by atoms with Crippen LogP contribution in [0.1, 0.15) is 35.7 Å². The van der Waals surface area contributed by atoms with Gasteiger partial charge < -0.3 is 15.3 Å². The molecule has 0 saturated carbocycles. The van der Waals surface area contributed by atoms with E-state index in [2.05, 4.69) is 5.32 Å². The van der Waals surface area contributed by atoms with Gasteiger partial charge in [0.15, 0.2) is 0 Å². The largest absolute Gasteiger partial charge is 0.478 e. The van der Waals surface area contributed by atoms with Crippen LogP contribution in [-0.2, 0) is 11.3 Å². The molecule has 0 radical (unpaired) electrons. The van der Waals surface area contributed by atoms with Crippen molar-refractivity contribution in [2.45, 2.75) is 32.4 Å². The summed E-state index contributed by atoms with van der Waals surface area (Å²) in [5.74, 6) is -0.756. The fourth-order valence-corrected chi connectivity index (χ4v) is 2.43. The molecular formula is C15H20N2O3. The van der Waals surface area contributed by atoms with Crippen molar-refractivity contribution in [3.05, 3.63) is 35.4 Å². The maximum absolute atomic E-state index is 11.2. The molecule has 0 aliphatic carbocycles. The molecule has 1 saturated heterocycles. The molecule has 20 heavy (non-hydrogen) atoms. The second-order valence-corrected chi connectivity index (χ2v) is 5.16. The zero-order valence-electron chi connectivity index (χ0n) is 11.6. The third kappa shape index (κ3) is 3.81. The number of aromatic carboxylic acids is 1. The molecule has 0 atom stereocenters. The van der Waals surface area contributed by atoms with Crippen LogP contribution in [0.3, 0.4) is 0 Å². The van der Waals surface area contributed by atoms with Crippen LogP contribution in [0.4, 0.5) is 0 Å². The van der Waals surface area contributed by atoms with Gasteiger partial charge in [0.05, 0.1) is 5.56 Å². The molecule has 1 aromatic rings. The molecule has 1 fully saturated rings.